The van der Waals surface area contributed by atoms with Crippen LogP contribution in [-0.2, 0) is 12.8 Å². The molecule has 1 aromatic carbocycles. The zero-order chi connectivity index (χ0) is 18.3. The molecule has 138 valence electrons. The summed E-state index contributed by atoms with van der Waals surface area (Å²) in [5.41, 5.74) is 4.97. The van der Waals surface area contributed by atoms with E-state index in [1.807, 2.05) is 13.0 Å². The number of nitrogens with zero attached hydrogens (tertiary/aromatic N) is 3. The van der Waals surface area contributed by atoms with Gasteiger partial charge in [0.05, 0.1) is 5.69 Å². The molecule has 1 aliphatic heterocycles. The van der Waals surface area contributed by atoms with Gasteiger partial charge in [0, 0.05) is 18.2 Å². The van der Waals surface area contributed by atoms with Crippen molar-refractivity contribution in [1.29, 1.82) is 0 Å². The normalized spacial score (nSPS) is 23.0. The Bertz CT molecular complexity index is 820. The van der Waals surface area contributed by atoms with Crippen molar-refractivity contribution >= 4 is 5.82 Å². The van der Waals surface area contributed by atoms with E-state index < -0.39 is 0 Å². The van der Waals surface area contributed by atoms with Gasteiger partial charge in [0.2, 0.25) is 0 Å². The molecular formula is C21H28N4O. The van der Waals surface area contributed by atoms with Crippen LogP contribution in [0.2, 0.25) is 0 Å². The molecule has 1 fully saturated rings. The Balaban J connectivity index is 1.59. The molecule has 0 radical (unpaired) electrons. The highest BCUT2D eigenvalue weighted by Gasteiger charge is 2.25. The number of nitrogens with one attached hydrogen (secondary N) is 1. The van der Waals surface area contributed by atoms with E-state index in [-0.39, 0.29) is 0 Å². The minimum atomic E-state index is 0.389. The number of hydrogen-bond acceptors (Lipinski definition) is 5. The van der Waals surface area contributed by atoms with Gasteiger partial charge in [-0.1, -0.05) is 13.0 Å². The average molecular weight is 352 g/mol. The van der Waals surface area contributed by atoms with Crippen molar-refractivity contribution < 1.29 is 5.11 Å². The van der Waals surface area contributed by atoms with Crippen LogP contribution in [0.1, 0.15) is 36.5 Å². The van der Waals surface area contributed by atoms with E-state index in [9.17, 15) is 5.11 Å². The summed E-state index contributed by atoms with van der Waals surface area (Å²) in [6.45, 7) is 6.51. The molecule has 0 bridgehead atoms. The van der Waals surface area contributed by atoms with Gasteiger partial charge in [-0.25, -0.2) is 0 Å². The number of rotatable bonds is 3. The Hall–Kier alpha value is -2.14. The third-order valence-corrected chi connectivity index (χ3v) is 5.99. The second-order valence-corrected chi connectivity index (χ2v) is 7.99. The minimum absolute atomic E-state index is 0.389. The topological polar surface area (TPSA) is 61.3 Å². The number of likely N-dealkylation sites (tertiary alicyclic amines) is 1. The van der Waals surface area contributed by atoms with Gasteiger partial charge in [-0.3, -0.25) is 0 Å². The first-order valence-electron chi connectivity index (χ1n) is 9.66. The monoisotopic (exact) mass is 352 g/mol. The molecule has 1 aliphatic carbocycles. The number of aromatic hydroxyl groups is 1. The first kappa shape index (κ1) is 17.3. The summed E-state index contributed by atoms with van der Waals surface area (Å²) in [6, 6.07) is 6.56. The van der Waals surface area contributed by atoms with Crippen molar-refractivity contribution in [3.05, 3.63) is 34.9 Å². The molecule has 0 unspecified atom stereocenters. The van der Waals surface area contributed by atoms with Crippen molar-refractivity contribution in [2.45, 2.75) is 45.6 Å². The number of likely N-dealkylation sites (N-methyl/N-ethyl adjacent to an activating group) is 1. The predicted molar refractivity (Wildman–Crippen MR) is 105 cm³/mol. The maximum absolute atomic E-state index is 10.7. The van der Waals surface area contributed by atoms with Gasteiger partial charge in [0.15, 0.2) is 0 Å². The van der Waals surface area contributed by atoms with Crippen LogP contribution >= 0.6 is 0 Å². The molecule has 1 saturated heterocycles. The number of piperidine rings is 1. The highest BCUT2D eigenvalue weighted by atomic mass is 16.3. The summed E-state index contributed by atoms with van der Waals surface area (Å²) in [4.78, 5) is 2.36. The molecule has 2 N–H and O–H groups in total. The van der Waals surface area contributed by atoms with Crippen LogP contribution in [0.4, 0.5) is 5.82 Å². The number of aromatic nitrogens is 2. The Morgan fingerprint density at radius 3 is 2.88 bits per heavy atom. The quantitative estimate of drug-likeness (QED) is 0.886. The maximum Gasteiger partial charge on any atom is 0.149 e. The second-order valence-electron chi connectivity index (χ2n) is 7.99. The van der Waals surface area contributed by atoms with E-state index in [4.69, 9.17) is 0 Å². The molecule has 0 amide bonds. The van der Waals surface area contributed by atoms with Gasteiger partial charge in [0.25, 0.3) is 0 Å². The van der Waals surface area contributed by atoms with Gasteiger partial charge < -0.3 is 15.3 Å². The third kappa shape index (κ3) is 3.16. The molecule has 0 saturated carbocycles. The maximum atomic E-state index is 10.7. The first-order valence-corrected chi connectivity index (χ1v) is 9.66. The number of aryl methyl sites for hydroxylation is 2. The number of fused-ring (bicyclic) bond motifs is 1. The number of benzene rings is 1. The fourth-order valence-corrected chi connectivity index (χ4v) is 4.27. The number of anilines is 1. The summed E-state index contributed by atoms with van der Waals surface area (Å²) in [7, 11) is 2.16. The van der Waals surface area contributed by atoms with Crippen LogP contribution in [0.5, 0.6) is 5.75 Å². The fraction of sp³-hybridized carbons (Fsp3) is 0.524. The number of phenolic OH excluding ortho intramolecular Hbond substituents is 1. The van der Waals surface area contributed by atoms with Crippen LogP contribution in [0.25, 0.3) is 11.3 Å². The fourth-order valence-electron chi connectivity index (χ4n) is 4.27. The summed E-state index contributed by atoms with van der Waals surface area (Å²) < 4.78 is 0. The van der Waals surface area contributed by atoms with Gasteiger partial charge in [-0.15, -0.1) is 10.2 Å². The molecule has 4 rings (SSSR count). The lowest BCUT2D eigenvalue weighted by atomic mass is 9.94. The SMILES string of the molecule is Cc1cc(N[C@@H]2CN(C)CC[C@H]2C)nnc1-c1ccc2c(c1O)CCC2. The molecule has 1 aromatic heterocycles. The molecule has 2 atom stereocenters. The zero-order valence-corrected chi connectivity index (χ0v) is 15.9. The van der Waals surface area contributed by atoms with Crippen molar-refractivity contribution in [2.24, 2.45) is 5.92 Å². The standard InChI is InChI=1S/C21H28N4O/c1-13-9-10-25(3)12-18(13)22-19-11-14(2)20(24-23-19)17-8-7-15-5-4-6-16(15)21(17)26/h7-8,11,13,18,26H,4-6,9-10,12H2,1-3H3,(H,22,23)/t13-,18-/m1/s1. The molecule has 26 heavy (non-hydrogen) atoms. The molecule has 2 aromatic rings. The second kappa shape index (κ2) is 6.88. The van der Waals surface area contributed by atoms with Crippen molar-refractivity contribution in [1.82, 2.24) is 15.1 Å². The van der Waals surface area contributed by atoms with Crippen LogP contribution in [-0.4, -0.2) is 46.4 Å². The molecule has 2 heterocycles. The van der Waals surface area contributed by atoms with Crippen LogP contribution in [0.15, 0.2) is 18.2 Å². The minimum Gasteiger partial charge on any atom is -0.507 e. The Labute approximate surface area is 155 Å². The average Bonchev–Trinajstić information content (AvgIpc) is 3.09. The third-order valence-electron chi connectivity index (χ3n) is 5.99. The number of phenols is 1. The molecule has 0 spiro atoms. The van der Waals surface area contributed by atoms with E-state index in [1.54, 1.807) is 0 Å². The van der Waals surface area contributed by atoms with Crippen molar-refractivity contribution in [2.75, 3.05) is 25.5 Å². The zero-order valence-electron chi connectivity index (χ0n) is 15.9. The van der Waals surface area contributed by atoms with Crippen LogP contribution < -0.4 is 5.32 Å². The van der Waals surface area contributed by atoms with Crippen molar-refractivity contribution in [3.8, 4) is 17.0 Å². The Morgan fingerprint density at radius 1 is 1.23 bits per heavy atom. The summed E-state index contributed by atoms with van der Waals surface area (Å²) in [6.07, 6.45) is 4.33. The van der Waals surface area contributed by atoms with E-state index in [0.29, 0.717) is 17.7 Å². The Kier molecular flexibility index (Phi) is 4.57. The lowest BCUT2D eigenvalue weighted by Crippen LogP contribution is -2.45. The highest BCUT2D eigenvalue weighted by Crippen LogP contribution is 2.38. The first-order chi connectivity index (χ1) is 12.5. The summed E-state index contributed by atoms with van der Waals surface area (Å²) >= 11 is 0. The van der Waals surface area contributed by atoms with Gasteiger partial charge >= 0.3 is 0 Å². The van der Waals surface area contributed by atoms with Crippen molar-refractivity contribution in [3.63, 3.8) is 0 Å². The van der Waals surface area contributed by atoms with E-state index in [0.717, 1.165) is 60.6 Å². The smallest absolute Gasteiger partial charge is 0.149 e. The van der Waals surface area contributed by atoms with E-state index >= 15 is 0 Å². The largest absolute Gasteiger partial charge is 0.507 e. The summed E-state index contributed by atoms with van der Waals surface area (Å²) in [5, 5.41) is 23.1. The van der Waals surface area contributed by atoms with Gasteiger partial charge in [-0.05, 0) is 80.9 Å². The lowest BCUT2D eigenvalue weighted by molar-refractivity contribution is 0.211. The molecule has 2 aliphatic rings. The van der Waals surface area contributed by atoms with Gasteiger partial charge in [0.1, 0.15) is 11.6 Å². The highest BCUT2D eigenvalue weighted by molar-refractivity contribution is 5.73. The molecular weight excluding hydrogens is 324 g/mol. The number of hydrogen-bond donors (Lipinski definition) is 2. The van der Waals surface area contributed by atoms with E-state index in [1.165, 1.54) is 12.0 Å². The lowest BCUT2D eigenvalue weighted by Gasteiger charge is -2.35. The summed E-state index contributed by atoms with van der Waals surface area (Å²) in [5.74, 6) is 1.83. The Morgan fingerprint density at radius 2 is 2.08 bits per heavy atom. The molecule has 5 heteroatoms. The van der Waals surface area contributed by atoms with E-state index in [2.05, 4.69) is 46.5 Å². The van der Waals surface area contributed by atoms with Gasteiger partial charge in [-0.2, -0.15) is 0 Å². The molecule has 5 nitrogen and oxygen atoms in total. The van der Waals surface area contributed by atoms with Crippen LogP contribution in [0, 0.1) is 12.8 Å². The predicted octanol–water partition coefficient (Wildman–Crippen LogP) is 3.40. The van der Waals surface area contributed by atoms with Crippen LogP contribution in [0.3, 0.4) is 0 Å².